The second kappa shape index (κ2) is 15.9. The molecular weight excluding hydrogens is 834 g/mol. The summed E-state index contributed by atoms with van der Waals surface area (Å²) in [6.07, 6.45) is -4.46. The molecule has 4 nitrogen and oxygen atoms in total. The number of halogens is 3. The van der Waals surface area contributed by atoms with Crippen molar-refractivity contribution in [2.24, 2.45) is 0 Å². The fourth-order valence-electron chi connectivity index (χ4n) is 9.73. The van der Waals surface area contributed by atoms with Crippen LogP contribution in [0.5, 0.6) is 0 Å². The van der Waals surface area contributed by atoms with Crippen molar-refractivity contribution in [1.82, 2.24) is 19.1 Å². The van der Waals surface area contributed by atoms with Gasteiger partial charge in [-0.15, -0.1) is 0 Å². The SMILES string of the molecule is Cc1cc(-c2ccc3c(c2)c2ccccc2n3-c2ccc(-c3cc(-c4ccccc4)nc(-c4ccccc4)n3)cc2-c2cccc(-n3c4ccccc4c4ccccc43)c2)cc(C(F)(F)F)c1. The van der Waals surface area contributed by atoms with Crippen molar-refractivity contribution in [2.75, 3.05) is 0 Å². The first-order valence-electron chi connectivity index (χ1n) is 22.2. The van der Waals surface area contributed by atoms with Crippen molar-refractivity contribution in [3.05, 3.63) is 230 Å². The van der Waals surface area contributed by atoms with Crippen LogP contribution in [-0.2, 0) is 6.18 Å². The van der Waals surface area contributed by atoms with Gasteiger partial charge in [0.15, 0.2) is 5.82 Å². The highest BCUT2D eigenvalue weighted by Crippen LogP contribution is 2.42. The van der Waals surface area contributed by atoms with E-state index in [0.717, 1.165) is 83.4 Å². The number of benzene rings is 9. The molecule has 0 radical (unpaired) electrons. The van der Waals surface area contributed by atoms with Gasteiger partial charge in [0, 0.05) is 49.5 Å². The lowest BCUT2D eigenvalue weighted by molar-refractivity contribution is -0.137. The van der Waals surface area contributed by atoms with Gasteiger partial charge in [-0.05, 0) is 102 Å². The molecule has 0 unspecified atom stereocenters. The van der Waals surface area contributed by atoms with Crippen LogP contribution in [0.1, 0.15) is 11.1 Å². The Labute approximate surface area is 384 Å². The van der Waals surface area contributed by atoms with Crippen LogP contribution in [0.15, 0.2) is 218 Å². The van der Waals surface area contributed by atoms with Gasteiger partial charge in [-0.2, -0.15) is 13.2 Å². The summed E-state index contributed by atoms with van der Waals surface area (Å²) in [7, 11) is 0. The average molecular weight is 873 g/mol. The summed E-state index contributed by atoms with van der Waals surface area (Å²) >= 11 is 0. The molecule has 0 bridgehead atoms. The average Bonchev–Trinajstić information content (AvgIpc) is 3.89. The van der Waals surface area contributed by atoms with Crippen molar-refractivity contribution < 1.29 is 13.2 Å². The fourth-order valence-corrected chi connectivity index (χ4v) is 9.73. The van der Waals surface area contributed by atoms with E-state index in [0.29, 0.717) is 22.5 Å². The van der Waals surface area contributed by atoms with Gasteiger partial charge in [-0.1, -0.05) is 146 Å². The minimum absolute atomic E-state index is 0.521. The minimum atomic E-state index is -4.46. The van der Waals surface area contributed by atoms with Gasteiger partial charge in [0.2, 0.25) is 0 Å². The number of hydrogen-bond donors (Lipinski definition) is 0. The highest BCUT2D eigenvalue weighted by atomic mass is 19.4. The molecular formula is C60H39F3N4. The van der Waals surface area contributed by atoms with Crippen LogP contribution >= 0.6 is 0 Å². The van der Waals surface area contributed by atoms with Crippen LogP contribution in [0, 0.1) is 6.92 Å². The van der Waals surface area contributed by atoms with E-state index >= 15 is 0 Å². The predicted octanol–water partition coefficient (Wildman–Crippen LogP) is 16.3. The topological polar surface area (TPSA) is 35.6 Å². The monoisotopic (exact) mass is 872 g/mol. The van der Waals surface area contributed by atoms with E-state index in [2.05, 4.69) is 130 Å². The Morgan fingerprint density at radius 2 is 0.925 bits per heavy atom. The summed E-state index contributed by atoms with van der Waals surface area (Å²) in [4.78, 5) is 10.3. The third-order valence-corrected chi connectivity index (χ3v) is 12.8. The maximum atomic E-state index is 14.1. The summed E-state index contributed by atoms with van der Waals surface area (Å²) in [5, 5.41) is 4.30. The van der Waals surface area contributed by atoms with Gasteiger partial charge < -0.3 is 9.13 Å². The summed E-state index contributed by atoms with van der Waals surface area (Å²) in [6.45, 7) is 1.71. The predicted molar refractivity (Wildman–Crippen MR) is 268 cm³/mol. The number of fused-ring (bicyclic) bond motifs is 6. The quantitative estimate of drug-likeness (QED) is 0.160. The molecule has 12 rings (SSSR count). The molecule has 0 aliphatic heterocycles. The Hall–Kier alpha value is -8.55. The molecule has 0 spiro atoms. The highest BCUT2D eigenvalue weighted by Gasteiger charge is 2.31. The van der Waals surface area contributed by atoms with Gasteiger partial charge in [-0.25, -0.2) is 9.97 Å². The van der Waals surface area contributed by atoms with Crippen LogP contribution in [0.4, 0.5) is 13.2 Å². The molecule has 0 aliphatic rings. The molecule has 9 aromatic carbocycles. The summed E-state index contributed by atoms with van der Waals surface area (Å²) in [5.74, 6) is 0.630. The first-order valence-corrected chi connectivity index (χ1v) is 22.2. The molecule has 0 aliphatic carbocycles. The largest absolute Gasteiger partial charge is 0.416 e. The molecule has 0 N–H and O–H groups in total. The molecule has 320 valence electrons. The van der Waals surface area contributed by atoms with Crippen molar-refractivity contribution in [1.29, 1.82) is 0 Å². The second-order valence-electron chi connectivity index (χ2n) is 17.0. The Bertz CT molecular complexity index is 3750. The Balaban J connectivity index is 1.11. The molecule has 0 saturated heterocycles. The third-order valence-electron chi connectivity index (χ3n) is 12.8. The lowest BCUT2D eigenvalue weighted by Crippen LogP contribution is -2.05. The number of aromatic nitrogens is 4. The van der Waals surface area contributed by atoms with Gasteiger partial charge in [0.05, 0.1) is 44.7 Å². The molecule has 0 saturated carbocycles. The van der Waals surface area contributed by atoms with Crippen molar-refractivity contribution in [2.45, 2.75) is 13.1 Å². The molecule has 3 aromatic heterocycles. The van der Waals surface area contributed by atoms with Gasteiger partial charge in [-0.3, -0.25) is 0 Å². The third kappa shape index (κ3) is 7.04. The van der Waals surface area contributed by atoms with E-state index in [1.165, 1.54) is 22.9 Å². The number of nitrogens with zero attached hydrogens (tertiary/aromatic N) is 4. The van der Waals surface area contributed by atoms with Gasteiger partial charge in [0.25, 0.3) is 0 Å². The molecule has 0 amide bonds. The lowest BCUT2D eigenvalue weighted by atomic mass is 9.97. The smallest absolute Gasteiger partial charge is 0.309 e. The van der Waals surface area contributed by atoms with E-state index < -0.39 is 11.7 Å². The normalized spacial score (nSPS) is 11.9. The van der Waals surface area contributed by atoms with Crippen molar-refractivity contribution in [3.8, 4) is 67.5 Å². The zero-order chi connectivity index (χ0) is 45.2. The van der Waals surface area contributed by atoms with Crippen LogP contribution in [0.2, 0.25) is 0 Å². The number of alkyl halides is 3. The summed E-state index contributed by atoms with van der Waals surface area (Å²) in [6, 6.07) is 73.0. The standard InChI is InChI=1S/C60H39F3N4/c1-38-31-44(33-45(32-38)60(61,62)63)41-27-29-58-51(35-41)49-23-10-13-26-56(49)67(58)57-30-28-43(53-37-52(39-15-4-2-5-16-39)64-59(65-53)40-17-6-3-7-18-40)36-50(57)42-19-14-20-46(34-42)66-54-24-11-8-21-47(54)48-22-9-12-25-55(48)66/h2-37H,1H3. The lowest BCUT2D eigenvalue weighted by Gasteiger charge is -2.18. The molecule has 3 heterocycles. The first kappa shape index (κ1) is 40.0. The Morgan fingerprint density at radius 1 is 0.373 bits per heavy atom. The van der Waals surface area contributed by atoms with E-state index in [1.807, 2.05) is 84.9 Å². The van der Waals surface area contributed by atoms with Gasteiger partial charge >= 0.3 is 6.18 Å². The molecule has 12 aromatic rings. The maximum Gasteiger partial charge on any atom is 0.416 e. The zero-order valence-corrected chi connectivity index (χ0v) is 36.2. The van der Waals surface area contributed by atoms with E-state index in [-0.39, 0.29) is 0 Å². The zero-order valence-electron chi connectivity index (χ0n) is 36.2. The summed E-state index contributed by atoms with van der Waals surface area (Å²) < 4.78 is 46.8. The summed E-state index contributed by atoms with van der Waals surface area (Å²) in [5.41, 5.74) is 13.6. The number of hydrogen-bond acceptors (Lipinski definition) is 2. The fraction of sp³-hybridized carbons (Fsp3) is 0.0333. The first-order chi connectivity index (χ1) is 32.7. The number of para-hydroxylation sites is 3. The van der Waals surface area contributed by atoms with E-state index in [1.54, 1.807) is 6.92 Å². The number of rotatable bonds is 7. The maximum absolute atomic E-state index is 14.1. The van der Waals surface area contributed by atoms with Crippen LogP contribution in [-0.4, -0.2) is 19.1 Å². The van der Waals surface area contributed by atoms with Crippen molar-refractivity contribution in [3.63, 3.8) is 0 Å². The van der Waals surface area contributed by atoms with Crippen molar-refractivity contribution >= 4 is 43.6 Å². The second-order valence-corrected chi connectivity index (χ2v) is 17.0. The molecule has 0 fully saturated rings. The number of aryl methyl sites for hydroxylation is 1. The Morgan fingerprint density at radius 3 is 1.60 bits per heavy atom. The molecule has 0 atom stereocenters. The van der Waals surface area contributed by atoms with Crippen LogP contribution in [0.3, 0.4) is 0 Å². The highest BCUT2D eigenvalue weighted by molar-refractivity contribution is 6.12. The minimum Gasteiger partial charge on any atom is -0.309 e. The van der Waals surface area contributed by atoms with Crippen LogP contribution < -0.4 is 0 Å². The van der Waals surface area contributed by atoms with Gasteiger partial charge in [0.1, 0.15) is 0 Å². The molecule has 7 heteroatoms. The molecule has 67 heavy (non-hydrogen) atoms. The van der Waals surface area contributed by atoms with E-state index in [4.69, 9.17) is 9.97 Å². The van der Waals surface area contributed by atoms with Crippen LogP contribution in [0.25, 0.3) is 111 Å². The van der Waals surface area contributed by atoms with E-state index in [9.17, 15) is 13.2 Å². The Kier molecular flexibility index (Phi) is 9.47.